The third-order valence-corrected chi connectivity index (χ3v) is 8.02. The maximum Gasteiger partial charge on any atom is 0.264 e. The zero-order valence-corrected chi connectivity index (χ0v) is 21.8. The predicted molar refractivity (Wildman–Crippen MR) is 138 cm³/mol. The highest BCUT2D eigenvalue weighted by molar-refractivity contribution is 7.92. The molecule has 0 aromatic heterocycles. The largest absolute Gasteiger partial charge is 0.357 e. The van der Waals surface area contributed by atoms with Gasteiger partial charge < -0.3 is 10.2 Å². The summed E-state index contributed by atoms with van der Waals surface area (Å²) in [6.45, 7) is 0.705. The number of benzene rings is 3. The van der Waals surface area contributed by atoms with E-state index in [0.717, 1.165) is 16.4 Å². The van der Waals surface area contributed by atoms with Gasteiger partial charge in [-0.25, -0.2) is 12.8 Å². The molecule has 0 heterocycles. The third kappa shape index (κ3) is 6.16. The molecule has 0 bridgehead atoms. The summed E-state index contributed by atoms with van der Waals surface area (Å²) in [5.74, 6) is -1.72. The molecule has 0 aliphatic carbocycles. The molecule has 11 heteroatoms. The van der Waals surface area contributed by atoms with Crippen molar-refractivity contribution in [2.45, 2.75) is 24.4 Å². The van der Waals surface area contributed by atoms with Crippen LogP contribution in [0.5, 0.6) is 0 Å². The van der Waals surface area contributed by atoms with Gasteiger partial charge in [0.15, 0.2) is 0 Å². The van der Waals surface area contributed by atoms with Crippen molar-refractivity contribution in [2.75, 3.05) is 17.9 Å². The van der Waals surface area contributed by atoms with Crippen LogP contribution in [0, 0.1) is 5.82 Å². The number of nitrogens with zero attached hydrogens (tertiary/aromatic N) is 2. The molecule has 0 fully saturated rings. The minimum atomic E-state index is -4.23. The summed E-state index contributed by atoms with van der Waals surface area (Å²) >= 11 is 12.6. The van der Waals surface area contributed by atoms with Crippen LogP contribution in [0.1, 0.15) is 12.5 Å². The highest BCUT2D eigenvalue weighted by atomic mass is 35.5. The van der Waals surface area contributed by atoms with Crippen LogP contribution >= 0.6 is 23.2 Å². The smallest absolute Gasteiger partial charge is 0.264 e. The number of hydrogen-bond acceptors (Lipinski definition) is 4. The lowest BCUT2D eigenvalue weighted by atomic mass is 10.1. The molecule has 0 radical (unpaired) electrons. The summed E-state index contributed by atoms with van der Waals surface area (Å²) < 4.78 is 41.6. The number of likely N-dealkylation sites (N-methyl/N-ethyl adjacent to an activating group) is 1. The molecule has 3 rings (SSSR count). The van der Waals surface area contributed by atoms with Crippen molar-refractivity contribution in [2.24, 2.45) is 0 Å². The number of hydrogen-bond donors (Lipinski definition) is 1. The molecule has 2 amide bonds. The molecule has 36 heavy (non-hydrogen) atoms. The average Bonchev–Trinajstić information content (AvgIpc) is 2.87. The number of halogens is 3. The van der Waals surface area contributed by atoms with Crippen LogP contribution in [0.25, 0.3) is 0 Å². The van der Waals surface area contributed by atoms with E-state index in [1.165, 1.54) is 43.1 Å². The molecule has 0 aliphatic heterocycles. The van der Waals surface area contributed by atoms with Crippen LogP contribution in [-0.4, -0.2) is 44.8 Å². The van der Waals surface area contributed by atoms with E-state index >= 15 is 0 Å². The fourth-order valence-corrected chi connectivity index (χ4v) is 5.45. The van der Waals surface area contributed by atoms with Gasteiger partial charge in [-0.1, -0.05) is 47.5 Å². The van der Waals surface area contributed by atoms with Crippen molar-refractivity contribution in [3.63, 3.8) is 0 Å². The summed E-state index contributed by atoms with van der Waals surface area (Å²) in [4.78, 5) is 27.3. The molecule has 0 saturated heterocycles. The van der Waals surface area contributed by atoms with E-state index in [1.54, 1.807) is 36.4 Å². The number of sulfonamides is 1. The Morgan fingerprint density at radius 1 is 0.944 bits per heavy atom. The van der Waals surface area contributed by atoms with E-state index in [1.807, 2.05) is 0 Å². The summed E-state index contributed by atoms with van der Waals surface area (Å²) in [5, 5.41) is 3.07. The van der Waals surface area contributed by atoms with Crippen molar-refractivity contribution in [1.29, 1.82) is 0 Å². The summed E-state index contributed by atoms with van der Waals surface area (Å²) in [7, 11) is -2.80. The molecule has 0 aliphatic rings. The van der Waals surface area contributed by atoms with Gasteiger partial charge in [-0.15, -0.1) is 0 Å². The van der Waals surface area contributed by atoms with E-state index in [0.29, 0.717) is 5.56 Å². The van der Waals surface area contributed by atoms with Crippen LogP contribution in [0.15, 0.2) is 77.7 Å². The summed E-state index contributed by atoms with van der Waals surface area (Å²) in [5.41, 5.74) is 0.487. The zero-order valence-electron chi connectivity index (χ0n) is 19.5. The highest BCUT2D eigenvalue weighted by Gasteiger charge is 2.32. The first-order valence-electron chi connectivity index (χ1n) is 10.8. The van der Waals surface area contributed by atoms with Crippen LogP contribution in [-0.2, 0) is 26.2 Å². The van der Waals surface area contributed by atoms with E-state index in [9.17, 15) is 22.4 Å². The van der Waals surface area contributed by atoms with E-state index in [4.69, 9.17) is 23.2 Å². The number of carbonyl (C=O) groups is 2. The van der Waals surface area contributed by atoms with Crippen molar-refractivity contribution in [1.82, 2.24) is 10.2 Å². The van der Waals surface area contributed by atoms with E-state index < -0.39 is 40.2 Å². The number of nitrogens with one attached hydrogen (secondary N) is 1. The van der Waals surface area contributed by atoms with Crippen LogP contribution in [0.3, 0.4) is 0 Å². The molecule has 3 aromatic rings. The minimum absolute atomic E-state index is 0.0535. The SMILES string of the molecule is CNC(=O)[C@H](C)N(Cc1c(Cl)cccc1Cl)C(=O)CN(c1ccc(F)cc1)S(=O)(=O)c1ccccc1. The van der Waals surface area contributed by atoms with Crippen molar-refractivity contribution in [3.05, 3.63) is 94.2 Å². The summed E-state index contributed by atoms with van der Waals surface area (Å²) in [6, 6.07) is 16.1. The van der Waals surface area contributed by atoms with Gasteiger partial charge in [0.25, 0.3) is 10.0 Å². The Balaban J connectivity index is 2.05. The van der Waals surface area contributed by atoms with E-state index in [-0.39, 0.29) is 27.2 Å². The second kappa shape index (κ2) is 11.7. The number of anilines is 1. The lowest BCUT2D eigenvalue weighted by molar-refractivity contribution is -0.139. The van der Waals surface area contributed by atoms with Crippen LogP contribution in [0.2, 0.25) is 10.0 Å². The Hall–Kier alpha value is -3.14. The highest BCUT2D eigenvalue weighted by Crippen LogP contribution is 2.28. The molecular weight excluding hydrogens is 528 g/mol. The van der Waals surface area contributed by atoms with Gasteiger partial charge in [-0.2, -0.15) is 0 Å². The molecule has 0 unspecified atom stereocenters. The molecule has 0 saturated carbocycles. The Kier molecular flexibility index (Phi) is 8.94. The first-order chi connectivity index (χ1) is 17.1. The quantitative estimate of drug-likeness (QED) is 0.424. The Bertz CT molecular complexity index is 1320. The lowest BCUT2D eigenvalue weighted by Gasteiger charge is -2.32. The first-order valence-corrected chi connectivity index (χ1v) is 13.0. The minimum Gasteiger partial charge on any atom is -0.357 e. The van der Waals surface area contributed by atoms with Crippen molar-refractivity contribution >= 4 is 50.7 Å². The van der Waals surface area contributed by atoms with Gasteiger partial charge in [0.1, 0.15) is 18.4 Å². The van der Waals surface area contributed by atoms with Crippen molar-refractivity contribution in [3.8, 4) is 0 Å². The Morgan fingerprint density at radius 3 is 2.08 bits per heavy atom. The first kappa shape index (κ1) is 27.4. The van der Waals surface area contributed by atoms with Crippen molar-refractivity contribution < 1.29 is 22.4 Å². The number of carbonyl (C=O) groups excluding carboxylic acids is 2. The monoisotopic (exact) mass is 551 g/mol. The molecular formula is C25H24Cl2FN3O4S. The molecule has 1 N–H and O–H groups in total. The molecule has 190 valence electrons. The average molecular weight is 552 g/mol. The predicted octanol–water partition coefficient (Wildman–Crippen LogP) is 4.49. The third-order valence-electron chi connectivity index (χ3n) is 5.53. The van der Waals surface area contributed by atoms with Gasteiger partial charge in [0.2, 0.25) is 11.8 Å². The fraction of sp³-hybridized carbons (Fsp3) is 0.200. The van der Waals surface area contributed by atoms with Gasteiger partial charge in [0.05, 0.1) is 10.6 Å². The second-order valence-electron chi connectivity index (χ2n) is 7.81. The maximum absolute atomic E-state index is 13.6. The van der Waals surface area contributed by atoms with Crippen LogP contribution < -0.4 is 9.62 Å². The zero-order chi connectivity index (χ0) is 26.5. The fourth-order valence-electron chi connectivity index (χ4n) is 3.50. The molecule has 7 nitrogen and oxygen atoms in total. The van der Waals surface area contributed by atoms with Gasteiger partial charge in [0, 0.05) is 29.2 Å². The maximum atomic E-state index is 13.6. The Labute approximate surface area is 219 Å². The Morgan fingerprint density at radius 2 is 1.53 bits per heavy atom. The number of amides is 2. The normalized spacial score (nSPS) is 12.0. The topological polar surface area (TPSA) is 86.8 Å². The molecule has 1 atom stereocenters. The summed E-state index contributed by atoms with van der Waals surface area (Å²) in [6.07, 6.45) is 0. The lowest BCUT2D eigenvalue weighted by Crippen LogP contribution is -2.50. The second-order valence-corrected chi connectivity index (χ2v) is 10.5. The van der Waals surface area contributed by atoms with Gasteiger partial charge in [-0.05, 0) is 55.5 Å². The van der Waals surface area contributed by atoms with E-state index in [2.05, 4.69) is 5.32 Å². The molecule has 3 aromatic carbocycles. The standard InChI is InChI=1S/C25H24Cl2FN3O4S/c1-17(25(33)29-2)30(15-21-22(26)9-6-10-23(21)27)24(32)16-31(19-13-11-18(28)12-14-19)36(34,35)20-7-4-3-5-8-20/h3-14,17H,15-16H2,1-2H3,(H,29,33)/t17-/m0/s1. The molecule has 0 spiro atoms. The van der Waals surface area contributed by atoms with Crippen LogP contribution in [0.4, 0.5) is 10.1 Å². The van der Waals surface area contributed by atoms with Gasteiger partial charge >= 0.3 is 0 Å². The van der Waals surface area contributed by atoms with Gasteiger partial charge in [-0.3, -0.25) is 13.9 Å². The number of rotatable bonds is 9.